The van der Waals surface area contributed by atoms with Gasteiger partial charge in [-0.1, -0.05) is 30.6 Å². The lowest BCUT2D eigenvalue weighted by atomic mass is 10.2. The Hall–Kier alpha value is -1.59. The minimum atomic E-state index is 0.271. The predicted molar refractivity (Wildman–Crippen MR) is 76.8 cm³/mol. The van der Waals surface area contributed by atoms with Crippen molar-refractivity contribution in [3.8, 4) is 5.75 Å². The summed E-state index contributed by atoms with van der Waals surface area (Å²) in [7, 11) is 0. The molecule has 2 aromatic rings. The van der Waals surface area contributed by atoms with Crippen LogP contribution in [0, 0.1) is 6.92 Å². The van der Waals surface area contributed by atoms with Crippen LogP contribution in [0.1, 0.15) is 31.1 Å². The molecule has 1 heterocycles. The zero-order valence-corrected chi connectivity index (χ0v) is 12.6. The van der Waals surface area contributed by atoms with Crippen molar-refractivity contribution in [2.45, 2.75) is 40.0 Å². The standard InChI is InChI=1S/C14H18ClN3O2/c1-9(2)16-7-11-6-12(15)4-5-13(11)19-8-14-17-10(3)20-18-14/h4-6,9,16H,7-8H2,1-3H3. The van der Waals surface area contributed by atoms with Crippen molar-refractivity contribution >= 4 is 11.6 Å². The molecule has 108 valence electrons. The lowest BCUT2D eigenvalue weighted by Gasteiger charge is -2.13. The minimum absolute atomic E-state index is 0.271. The van der Waals surface area contributed by atoms with Gasteiger partial charge in [0, 0.05) is 30.1 Å². The highest BCUT2D eigenvalue weighted by molar-refractivity contribution is 6.30. The topological polar surface area (TPSA) is 60.2 Å². The number of nitrogens with zero attached hydrogens (tertiary/aromatic N) is 2. The van der Waals surface area contributed by atoms with E-state index in [1.165, 1.54) is 0 Å². The smallest absolute Gasteiger partial charge is 0.223 e. The van der Waals surface area contributed by atoms with Crippen molar-refractivity contribution in [3.05, 3.63) is 40.5 Å². The highest BCUT2D eigenvalue weighted by Gasteiger charge is 2.08. The van der Waals surface area contributed by atoms with Crippen molar-refractivity contribution in [1.29, 1.82) is 0 Å². The van der Waals surface area contributed by atoms with Gasteiger partial charge in [-0.2, -0.15) is 4.98 Å². The van der Waals surface area contributed by atoms with E-state index in [2.05, 4.69) is 29.3 Å². The highest BCUT2D eigenvalue weighted by atomic mass is 35.5. The Morgan fingerprint density at radius 1 is 1.40 bits per heavy atom. The van der Waals surface area contributed by atoms with Gasteiger partial charge >= 0.3 is 0 Å². The van der Waals surface area contributed by atoms with Crippen LogP contribution in [0.2, 0.25) is 5.02 Å². The Kier molecular flexibility index (Phi) is 4.98. The van der Waals surface area contributed by atoms with Crippen LogP contribution in [0.4, 0.5) is 0 Å². The lowest BCUT2D eigenvalue weighted by molar-refractivity contribution is 0.282. The van der Waals surface area contributed by atoms with Crippen LogP contribution in [0.25, 0.3) is 0 Å². The van der Waals surface area contributed by atoms with E-state index in [4.69, 9.17) is 20.9 Å². The monoisotopic (exact) mass is 295 g/mol. The molecule has 1 aromatic carbocycles. The summed E-state index contributed by atoms with van der Waals surface area (Å²) >= 11 is 6.03. The fourth-order valence-electron chi connectivity index (χ4n) is 1.68. The third kappa shape index (κ3) is 4.21. The first-order valence-electron chi connectivity index (χ1n) is 6.48. The molecule has 0 saturated carbocycles. The van der Waals surface area contributed by atoms with Crippen molar-refractivity contribution in [1.82, 2.24) is 15.5 Å². The molecule has 20 heavy (non-hydrogen) atoms. The molecule has 0 aliphatic rings. The molecule has 5 nitrogen and oxygen atoms in total. The number of aryl methyl sites for hydroxylation is 1. The average molecular weight is 296 g/mol. The SMILES string of the molecule is Cc1nc(COc2ccc(Cl)cc2CNC(C)C)no1. The number of halogens is 1. The molecule has 0 aliphatic heterocycles. The van der Waals surface area contributed by atoms with Crippen molar-refractivity contribution in [2.75, 3.05) is 0 Å². The van der Waals surface area contributed by atoms with Crippen molar-refractivity contribution < 1.29 is 9.26 Å². The van der Waals surface area contributed by atoms with Crippen LogP contribution in [0.15, 0.2) is 22.7 Å². The van der Waals surface area contributed by atoms with Gasteiger partial charge < -0.3 is 14.6 Å². The van der Waals surface area contributed by atoms with Gasteiger partial charge in [-0.05, 0) is 18.2 Å². The van der Waals surface area contributed by atoms with Gasteiger partial charge in [-0.3, -0.25) is 0 Å². The van der Waals surface area contributed by atoms with Crippen LogP contribution >= 0.6 is 11.6 Å². The molecule has 6 heteroatoms. The molecule has 1 N–H and O–H groups in total. The second-order valence-electron chi connectivity index (χ2n) is 4.81. The van der Waals surface area contributed by atoms with Crippen molar-refractivity contribution in [3.63, 3.8) is 0 Å². The maximum atomic E-state index is 6.03. The second-order valence-corrected chi connectivity index (χ2v) is 5.24. The van der Waals surface area contributed by atoms with E-state index in [9.17, 15) is 0 Å². The third-order valence-corrected chi connectivity index (χ3v) is 2.88. The number of aromatic nitrogens is 2. The lowest BCUT2D eigenvalue weighted by Crippen LogP contribution is -2.22. The van der Waals surface area contributed by atoms with Gasteiger partial charge in [0.05, 0.1) is 0 Å². The van der Waals surface area contributed by atoms with Crippen LogP contribution in [-0.4, -0.2) is 16.2 Å². The van der Waals surface area contributed by atoms with E-state index in [1.54, 1.807) is 13.0 Å². The zero-order valence-electron chi connectivity index (χ0n) is 11.8. The van der Waals surface area contributed by atoms with E-state index >= 15 is 0 Å². The van der Waals surface area contributed by atoms with E-state index in [0.717, 1.165) is 11.3 Å². The molecule has 0 bridgehead atoms. The summed E-state index contributed by atoms with van der Waals surface area (Å²) in [5, 5.41) is 7.83. The van der Waals surface area contributed by atoms with Crippen molar-refractivity contribution in [2.24, 2.45) is 0 Å². The summed E-state index contributed by atoms with van der Waals surface area (Å²) < 4.78 is 10.6. The van der Waals surface area contributed by atoms with E-state index in [-0.39, 0.29) is 6.61 Å². The Labute approximate surface area is 123 Å². The van der Waals surface area contributed by atoms with E-state index in [1.807, 2.05) is 12.1 Å². The predicted octanol–water partition coefficient (Wildman–Crippen LogP) is 3.11. The highest BCUT2D eigenvalue weighted by Crippen LogP contribution is 2.23. The fourth-order valence-corrected chi connectivity index (χ4v) is 1.88. The first-order chi connectivity index (χ1) is 9.54. The number of rotatable bonds is 6. The Morgan fingerprint density at radius 3 is 2.85 bits per heavy atom. The number of hydrogen-bond acceptors (Lipinski definition) is 5. The molecule has 2 rings (SSSR count). The largest absolute Gasteiger partial charge is 0.485 e. The van der Waals surface area contributed by atoms with Gasteiger partial charge in [-0.15, -0.1) is 0 Å². The summed E-state index contributed by atoms with van der Waals surface area (Å²) in [5.74, 6) is 1.83. The fraction of sp³-hybridized carbons (Fsp3) is 0.429. The number of hydrogen-bond donors (Lipinski definition) is 1. The van der Waals surface area contributed by atoms with E-state index < -0.39 is 0 Å². The average Bonchev–Trinajstić information content (AvgIpc) is 2.81. The first kappa shape index (κ1) is 14.8. The number of benzene rings is 1. The molecule has 0 spiro atoms. The summed E-state index contributed by atoms with van der Waals surface area (Å²) in [4.78, 5) is 4.10. The van der Waals surface area contributed by atoms with Gasteiger partial charge in [0.15, 0.2) is 6.61 Å². The molecule has 0 atom stereocenters. The van der Waals surface area contributed by atoms with Gasteiger partial charge in [-0.25, -0.2) is 0 Å². The third-order valence-electron chi connectivity index (χ3n) is 2.65. The summed E-state index contributed by atoms with van der Waals surface area (Å²) in [6.45, 7) is 6.89. The van der Waals surface area contributed by atoms with Crippen LogP contribution < -0.4 is 10.1 Å². The zero-order chi connectivity index (χ0) is 14.5. The maximum Gasteiger partial charge on any atom is 0.223 e. The number of ether oxygens (including phenoxy) is 1. The minimum Gasteiger partial charge on any atom is -0.485 e. The molecule has 0 fully saturated rings. The van der Waals surface area contributed by atoms with Gasteiger partial charge in [0.1, 0.15) is 5.75 Å². The molecule has 0 amide bonds. The number of nitrogens with one attached hydrogen (secondary N) is 1. The van der Waals surface area contributed by atoms with Gasteiger partial charge in [0.2, 0.25) is 11.7 Å². The molecule has 0 aliphatic carbocycles. The second kappa shape index (κ2) is 6.72. The van der Waals surface area contributed by atoms with Crippen LogP contribution in [0.3, 0.4) is 0 Å². The van der Waals surface area contributed by atoms with Crippen LogP contribution in [-0.2, 0) is 13.2 Å². The first-order valence-corrected chi connectivity index (χ1v) is 6.86. The maximum absolute atomic E-state index is 6.03. The Balaban J connectivity index is 2.05. The summed E-state index contributed by atoms with van der Waals surface area (Å²) in [5.41, 5.74) is 1.01. The quantitative estimate of drug-likeness (QED) is 0.887. The Morgan fingerprint density at radius 2 is 2.20 bits per heavy atom. The molecule has 0 radical (unpaired) electrons. The van der Waals surface area contributed by atoms with Gasteiger partial charge in [0.25, 0.3) is 0 Å². The molecular formula is C14H18ClN3O2. The molecule has 0 saturated heterocycles. The molecule has 1 aromatic heterocycles. The molecular weight excluding hydrogens is 278 g/mol. The summed E-state index contributed by atoms with van der Waals surface area (Å²) in [6, 6.07) is 5.94. The summed E-state index contributed by atoms with van der Waals surface area (Å²) in [6.07, 6.45) is 0. The van der Waals surface area contributed by atoms with E-state index in [0.29, 0.717) is 29.3 Å². The Bertz CT molecular complexity index is 569. The molecule has 0 unspecified atom stereocenters. The van der Waals surface area contributed by atoms with Crippen LogP contribution in [0.5, 0.6) is 5.75 Å². The normalized spacial score (nSPS) is 11.1.